The third-order valence-electron chi connectivity index (χ3n) is 4.30. The fourth-order valence-corrected chi connectivity index (χ4v) is 2.86. The zero-order valence-corrected chi connectivity index (χ0v) is 14.8. The van der Waals surface area contributed by atoms with E-state index in [2.05, 4.69) is 10.3 Å². The van der Waals surface area contributed by atoms with Gasteiger partial charge in [-0.2, -0.15) is 9.48 Å². The summed E-state index contributed by atoms with van der Waals surface area (Å²) in [5, 5.41) is 2.61. The van der Waals surface area contributed by atoms with E-state index in [-0.39, 0.29) is 18.2 Å². The van der Waals surface area contributed by atoms with Crippen molar-refractivity contribution in [2.45, 2.75) is 6.54 Å². The van der Waals surface area contributed by atoms with Crippen LogP contribution in [-0.2, 0) is 20.9 Å². The zero-order valence-electron chi connectivity index (χ0n) is 14.8. The molecule has 8 nitrogen and oxygen atoms in total. The van der Waals surface area contributed by atoms with E-state index in [0.29, 0.717) is 11.3 Å². The lowest BCUT2D eigenvalue weighted by Gasteiger charge is -2.27. The minimum atomic E-state index is -0.868. The van der Waals surface area contributed by atoms with Gasteiger partial charge in [-0.15, -0.1) is 4.99 Å². The highest BCUT2D eigenvalue weighted by molar-refractivity contribution is 6.16. The number of fused-ring (bicyclic) bond motifs is 1. The number of amidine groups is 1. The van der Waals surface area contributed by atoms with Gasteiger partial charge in [0.05, 0.1) is 14.2 Å². The standard InChI is InChI=1S/C18H17FN4O4/c1-22-16-15(13(27-2)7-8-20-16)17(25)23(18(22)26)10-14(24)21-9-11-3-5-12(19)6-4-11/h3-8,15H,9-10H2,1-2H3/p+1. The molecule has 2 aliphatic heterocycles. The largest absolute Gasteiger partial charge is 0.499 e. The predicted octanol–water partition coefficient (Wildman–Crippen LogP) is 0.676. The molecule has 0 radical (unpaired) electrons. The Balaban J connectivity index is 1.72. The number of rotatable bonds is 5. The molecule has 0 bridgehead atoms. The van der Waals surface area contributed by atoms with Crippen molar-refractivity contribution in [3.8, 4) is 0 Å². The van der Waals surface area contributed by atoms with Crippen molar-refractivity contribution in [3.05, 3.63) is 47.5 Å². The molecule has 1 unspecified atom stereocenters. The predicted molar refractivity (Wildman–Crippen MR) is 93.6 cm³/mol. The summed E-state index contributed by atoms with van der Waals surface area (Å²) in [4.78, 5) is 42.4. The second-order valence-electron chi connectivity index (χ2n) is 6.01. The van der Waals surface area contributed by atoms with E-state index in [1.165, 1.54) is 49.2 Å². The van der Waals surface area contributed by atoms with E-state index in [0.717, 1.165) is 4.90 Å². The second-order valence-corrected chi connectivity index (χ2v) is 6.01. The molecule has 2 heterocycles. The molecule has 1 aromatic rings. The number of aliphatic imine (C=N–C) groups is 1. The van der Waals surface area contributed by atoms with E-state index >= 15 is 0 Å². The first kappa shape index (κ1) is 18.4. The molecule has 3 rings (SSSR count). The monoisotopic (exact) mass is 373 g/mol. The number of methoxy groups -OCH3 is 1. The van der Waals surface area contributed by atoms with Crippen LogP contribution < -0.4 is 5.32 Å². The number of ether oxygens (including phenoxy) is 1. The molecule has 0 aromatic heterocycles. The van der Waals surface area contributed by atoms with Crippen molar-refractivity contribution in [2.75, 3.05) is 20.7 Å². The van der Waals surface area contributed by atoms with Crippen LogP contribution in [0.15, 0.2) is 41.1 Å². The highest BCUT2D eigenvalue weighted by atomic mass is 19.1. The van der Waals surface area contributed by atoms with Crippen molar-refractivity contribution in [1.82, 2.24) is 10.2 Å². The number of carbonyl (C=O) groups is 3. The summed E-state index contributed by atoms with van der Waals surface area (Å²) in [6.07, 6.45) is 3.00. The number of allylic oxidation sites excluding steroid dienone is 1. The molecule has 1 aromatic carbocycles. The average molecular weight is 373 g/mol. The van der Waals surface area contributed by atoms with Crippen LogP contribution in [0.5, 0.6) is 0 Å². The number of benzene rings is 1. The minimum Gasteiger partial charge on any atom is -0.499 e. The summed E-state index contributed by atoms with van der Waals surface area (Å²) >= 11 is 0. The number of hydrogen-bond acceptors (Lipinski definition) is 5. The first-order valence-corrected chi connectivity index (χ1v) is 8.17. The van der Waals surface area contributed by atoms with Crippen LogP contribution in [0.1, 0.15) is 5.56 Å². The molecular formula is C18H18FN4O4+. The van der Waals surface area contributed by atoms with Crippen molar-refractivity contribution >= 4 is 29.9 Å². The van der Waals surface area contributed by atoms with Crippen LogP contribution >= 0.6 is 0 Å². The zero-order chi connectivity index (χ0) is 19.6. The summed E-state index contributed by atoms with van der Waals surface area (Å²) in [5.41, 5.74) is 0.694. The molecule has 0 aliphatic carbocycles. The summed E-state index contributed by atoms with van der Waals surface area (Å²) in [7, 11) is 2.91. The van der Waals surface area contributed by atoms with Crippen LogP contribution in [0.3, 0.4) is 0 Å². The lowest BCUT2D eigenvalue weighted by molar-refractivity contribution is -0.408. The van der Waals surface area contributed by atoms with Crippen LogP contribution in [0, 0.1) is 11.7 Å². The number of urea groups is 1. The molecule has 2 aliphatic rings. The second kappa shape index (κ2) is 7.48. The van der Waals surface area contributed by atoms with Gasteiger partial charge in [-0.3, -0.25) is 9.59 Å². The number of dihydropyridines is 1. The van der Waals surface area contributed by atoms with E-state index in [4.69, 9.17) is 4.74 Å². The summed E-state index contributed by atoms with van der Waals surface area (Å²) < 4.78 is 19.4. The topological polar surface area (TPSA) is 91.1 Å². The fourth-order valence-electron chi connectivity index (χ4n) is 2.86. The summed E-state index contributed by atoms with van der Waals surface area (Å²) in [6.45, 7) is -0.285. The third-order valence-corrected chi connectivity index (χ3v) is 4.30. The fraction of sp³-hybridized carbons (Fsp3) is 0.278. The molecule has 0 fully saturated rings. The number of hydrogen-bond donors (Lipinski definition) is 1. The van der Waals surface area contributed by atoms with Crippen molar-refractivity contribution in [3.63, 3.8) is 0 Å². The molecule has 27 heavy (non-hydrogen) atoms. The van der Waals surface area contributed by atoms with Gasteiger partial charge >= 0.3 is 11.9 Å². The molecule has 4 amide bonds. The molecule has 9 heteroatoms. The first-order valence-electron chi connectivity index (χ1n) is 8.17. The van der Waals surface area contributed by atoms with Crippen LogP contribution in [0.25, 0.3) is 0 Å². The van der Waals surface area contributed by atoms with Gasteiger partial charge in [-0.1, -0.05) is 12.1 Å². The van der Waals surface area contributed by atoms with E-state index in [1.54, 1.807) is 6.08 Å². The Labute approximate surface area is 154 Å². The van der Waals surface area contributed by atoms with E-state index < -0.39 is 30.3 Å². The Hall–Kier alpha value is -3.36. The molecule has 1 N–H and O–H groups in total. The maximum absolute atomic E-state index is 12.9. The average Bonchev–Trinajstić information content (AvgIpc) is 2.68. The Morgan fingerprint density at radius 3 is 2.70 bits per heavy atom. The van der Waals surface area contributed by atoms with E-state index in [9.17, 15) is 18.8 Å². The molecular weight excluding hydrogens is 355 g/mol. The van der Waals surface area contributed by atoms with E-state index in [1.807, 2.05) is 0 Å². The van der Waals surface area contributed by atoms with Crippen LogP contribution in [0.4, 0.5) is 9.18 Å². The van der Waals surface area contributed by atoms with Gasteiger partial charge in [0.2, 0.25) is 0 Å². The van der Waals surface area contributed by atoms with Gasteiger partial charge in [0.1, 0.15) is 17.8 Å². The minimum absolute atomic E-state index is 0.152. The van der Waals surface area contributed by atoms with Gasteiger partial charge in [0.25, 0.3) is 11.7 Å². The van der Waals surface area contributed by atoms with Crippen molar-refractivity contribution < 1.29 is 28.1 Å². The van der Waals surface area contributed by atoms with Crippen LogP contribution in [-0.4, -0.2) is 60.1 Å². The third kappa shape index (κ3) is 3.62. The lowest BCUT2D eigenvalue weighted by atomic mass is 9.99. The van der Waals surface area contributed by atoms with Gasteiger partial charge < -0.3 is 10.1 Å². The number of halogens is 1. The van der Waals surface area contributed by atoms with Gasteiger partial charge in [0.15, 0.2) is 12.5 Å². The van der Waals surface area contributed by atoms with Gasteiger partial charge in [-0.25, -0.2) is 9.18 Å². The molecule has 140 valence electrons. The Bertz CT molecular complexity index is 889. The SMILES string of the molecule is COC1=CC=NC2=[N+](C)C(=O)N(CC(=O)NCc3ccc(F)cc3)C(=O)C12. The number of carbonyl (C=O) groups excluding carboxylic acids is 3. The summed E-state index contributed by atoms with van der Waals surface area (Å²) in [5.74, 6) is -1.72. The van der Waals surface area contributed by atoms with Gasteiger partial charge in [-0.05, 0) is 17.7 Å². The molecule has 1 atom stereocenters. The lowest BCUT2D eigenvalue weighted by Crippen LogP contribution is -2.56. The number of nitrogens with one attached hydrogen (secondary N) is 1. The Morgan fingerprint density at radius 2 is 2.04 bits per heavy atom. The van der Waals surface area contributed by atoms with Crippen molar-refractivity contribution in [1.29, 1.82) is 0 Å². The van der Waals surface area contributed by atoms with Crippen molar-refractivity contribution in [2.24, 2.45) is 10.9 Å². The molecule has 0 saturated carbocycles. The molecule has 0 spiro atoms. The first-order chi connectivity index (χ1) is 12.9. The maximum atomic E-state index is 12.9. The quantitative estimate of drug-likeness (QED) is 0.769. The number of amides is 4. The van der Waals surface area contributed by atoms with Gasteiger partial charge in [0, 0.05) is 12.6 Å². The highest BCUT2D eigenvalue weighted by Gasteiger charge is 2.49. The summed E-state index contributed by atoms with van der Waals surface area (Å²) in [6, 6.07) is 5.01. The normalized spacial score (nSPS) is 19.0. The Kier molecular flexibility index (Phi) is 5.11. The number of imide groups is 1. The number of nitrogens with zero attached hydrogens (tertiary/aromatic N) is 3. The smallest absolute Gasteiger partial charge is 0.446 e. The maximum Gasteiger partial charge on any atom is 0.446 e. The highest BCUT2D eigenvalue weighted by Crippen LogP contribution is 2.24. The molecule has 0 saturated heterocycles. The van der Waals surface area contributed by atoms with Crippen LogP contribution in [0.2, 0.25) is 0 Å². The Morgan fingerprint density at radius 1 is 1.33 bits per heavy atom.